The number of nitrogens with one attached hydrogen (secondary N) is 1. The summed E-state index contributed by atoms with van der Waals surface area (Å²) in [4.78, 5) is 9.72. The van der Waals surface area contributed by atoms with Gasteiger partial charge in [-0.05, 0) is 43.4 Å². The molecule has 5 nitrogen and oxygen atoms in total. The Morgan fingerprint density at radius 2 is 2.15 bits per heavy atom. The minimum absolute atomic E-state index is 0.0699. The lowest BCUT2D eigenvalue weighted by molar-refractivity contribution is 0.0178. The van der Waals surface area contributed by atoms with Crippen LogP contribution in [0.2, 0.25) is 0 Å². The van der Waals surface area contributed by atoms with Crippen molar-refractivity contribution in [3.63, 3.8) is 0 Å². The average Bonchev–Trinajstić information content (AvgIpc) is 2.68. The van der Waals surface area contributed by atoms with Crippen LogP contribution >= 0.6 is 0 Å². The monoisotopic (exact) mass is 376 g/mol. The Morgan fingerprint density at radius 3 is 2.85 bits per heavy atom. The van der Waals surface area contributed by atoms with Gasteiger partial charge in [0.2, 0.25) is 0 Å². The molecule has 1 aromatic rings. The zero-order valence-corrected chi connectivity index (χ0v) is 16.7. The van der Waals surface area contributed by atoms with E-state index in [9.17, 15) is 4.39 Å². The van der Waals surface area contributed by atoms with Gasteiger partial charge in [-0.3, -0.25) is 9.89 Å². The van der Waals surface area contributed by atoms with E-state index >= 15 is 0 Å². The van der Waals surface area contributed by atoms with Crippen LogP contribution in [0.3, 0.4) is 0 Å². The molecule has 1 N–H and O–H groups in total. The smallest absolute Gasteiger partial charge is 0.193 e. The highest BCUT2D eigenvalue weighted by Gasteiger charge is 2.24. The predicted octanol–water partition coefficient (Wildman–Crippen LogP) is 2.90. The summed E-state index contributed by atoms with van der Waals surface area (Å²) in [6, 6.07) is 7.02. The molecule has 2 heterocycles. The second-order valence-electron chi connectivity index (χ2n) is 7.61. The molecule has 2 aliphatic rings. The summed E-state index contributed by atoms with van der Waals surface area (Å²) >= 11 is 0. The fourth-order valence-corrected chi connectivity index (χ4v) is 4.02. The van der Waals surface area contributed by atoms with Gasteiger partial charge in [-0.1, -0.05) is 19.1 Å². The number of aliphatic imine (C=N–C) groups is 1. The molecule has 6 heteroatoms. The standard InChI is InChI=1S/C21H33FN4O/c1-3-23-21(26-9-5-6-17(2)16-26)24-15-20(25-10-12-27-13-11-25)18-7-4-8-19(22)14-18/h4,7-8,14,17,20H,3,5-6,9-13,15-16H2,1-2H3,(H,23,24). The van der Waals surface area contributed by atoms with E-state index in [0.29, 0.717) is 12.5 Å². The molecule has 2 aliphatic heterocycles. The van der Waals surface area contributed by atoms with Gasteiger partial charge in [-0.15, -0.1) is 0 Å². The van der Waals surface area contributed by atoms with Crippen molar-refractivity contribution in [2.45, 2.75) is 32.7 Å². The maximum absolute atomic E-state index is 13.8. The van der Waals surface area contributed by atoms with Gasteiger partial charge >= 0.3 is 0 Å². The van der Waals surface area contributed by atoms with E-state index < -0.39 is 0 Å². The summed E-state index contributed by atoms with van der Waals surface area (Å²) in [5, 5.41) is 3.45. The zero-order valence-electron chi connectivity index (χ0n) is 16.7. The van der Waals surface area contributed by atoms with Gasteiger partial charge in [0.1, 0.15) is 5.82 Å². The van der Waals surface area contributed by atoms with Crippen molar-refractivity contribution in [1.82, 2.24) is 15.1 Å². The first-order valence-electron chi connectivity index (χ1n) is 10.3. The number of nitrogens with zero attached hydrogens (tertiary/aromatic N) is 3. The molecule has 0 radical (unpaired) electrons. The molecule has 27 heavy (non-hydrogen) atoms. The lowest BCUT2D eigenvalue weighted by Crippen LogP contribution is -2.47. The summed E-state index contributed by atoms with van der Waals surface area (Å²) in [7, 11) is 0. The SMILES string of the molecule is CCNC(=NCC(c1cccc(F)c1)N1CCOCC1)N1CCCC(C)C1. The van der Waals surface area contributed by atoms with Crippen molar-refractivity contribution in [3.8, 4) is 0 Å². The normalized spacial score (nSPS) is 23.3. The van der Waals surface area contributed by atoms with Crippen molar-refractivity contribution < 1.29 is 9.13 Å². The fourth-order valence-electron chi connectivity index (χ4n) is 4.02. The van der Waals surface area contributed by atoms with Gasteiger partial charge in [0.05, 0.1) is 25.8 Å². The Morgan fingerprint density at radius 1 is 1.33 bits per heavy atom. The second kappa shape index (κ2) is 10.0. The molecule has 0 bridgehead atoms. The maximum Gasteiger partial charge on any atom is 0.193 e. The lowest BCUT2D eigenvalue weighted by Gasteiger charge is -2.36. The number of hydrogen-bond donors (Lipinski definition) is 1. The molecule has 3 rings (SSSR count). The summed E-state index contributed by atoms with van der Waals surface area (Å²) in [6.07, 6.45) is 2.50. The van der Waals surface area contributed by atoms with E-state index in [1.54, 1.807) is 12.1 Å². The Balaban J connectivity index is 1.79. The highest BCUT2D eigenvalue weighted by Crippen LogP contribution is 2.23. The molecule has 150 valence electrons. The van der Waals surface area contributed by atoms with Crippen LogP contribution in [0.15, 0.2) is 29.3 Å². The Kier molecular flexibility index (Phi) is 7.47. The number of morpholine rings is 1. The fraction of sp³-hybridized carbons (Fsp3) is 0.667. The van der Waals surface area contributed by atoms with Crippen LogP contribution in [0.5, 0.6) is 0 Å². The predicted molar refractivity (Wildman–Crippen MR) is 107 cm³/mol. The number of rotatable bonds is 5. The first-order valence-corrected chi connectivity index (χ1v) is 10.3. The quantitative estimate of drug-likeness (QED) is 0.634. The van der Waals surface area contributed by atoms with Crippen LogP contribution in [-0.4, -0.2) is 68.2 Å². The topological polar surface area (TPSA) is 40.1 Å². The average molecular weight is 377 g/mol. The van der Waals surface area contributed by atoms with Crippen LogP contribution in [-0.2, 0) is 4.74 Å². The van der Waals surface area contributed by atoms with Crippen LogP contribution in [0.1, 0.15) is 38.3 Å². The summed E-state index contributed by atoms with van der Waals surface area (Å²) in [5.41, 5.74) is 0.989. The number of guanidine groups is 1. The summed E-state index contributed by atoms with van der Waals surface area (Å²) in [5.74, 6) is 1.49. The molecule has 1 aromatic carbocycles. The van der Waals surface area contributed by atoms with Crippen molar-refractivity contribution in [2.75, 3.05) is 52.5 Å². The number of hydrogen-bond acceptors (Lipinski definition) is 3. The number of ether oxygens (including phenoxy) is 1. The molecule has 2 unspecified atom stereocenters. The molecular formula is C21H33FN4O. The van der Waals surface area contributed by atoms with Gasteiger partial charge < -0.3 is 15.0 Å². The van der Waals surface area contributed by atoms with Crippen molar-refractivity contribution >= 4 is 5.96 Å². The third-order valence-corrected chi connectivity index (χ3v) is 5.43. The van der Waals surface area contributed by atoms with E-state index in [2.05, 4.69) is 29.0 Å². The molecule has 0 aromatic heterocycles. The number of benzene rings is 1. The molecule has 2 fully saturated rings. The van der Waals surface area contributed by atoms with Gasteiger partial charge in [-0.25, -0.2) is 4.39 Å². The Labute approximate surface area is 162 Å². The zero-order chi connectivity index (χ0) is 19.1. The number of halogens is 1. The third kappa shape index (κ3) is 5.66. The van der Waals surface area contributed by atoms with E-state index in [1.165, 1.54) is 18.9 Å². The number of likely N-dealkylation sites (tertiary alicyclic amines) is 1. The van der Waals surface area contributed by atoms with E-state index in [4.69, 9.17) is 9.73 Å². The van der Waals surface area contributed by atoms with Gasteiger partial charge in [0, 0.05) is 32.7 Å². The van der Waals surface area contributed by atoms with Crippen molar-refractivity contribution in [2.24, 2.45) is 10.9 Å². The second-order valence-corrected chi connectivity index (χ2v) is 7.61. The van der Waals surface area contributed by atoms with Crippen LogP contribution in [0.4, 0.5) is 4.39 Å². The summed E-state index contributed by atoms with van der Waals surface area (Å²) in [6.45, 7) is 11.1. The summed E-state index contributed by atoms with van der Waals surface area (Å²) < 4.78 is 19.4. The Hall–Kier alpha value is -1.66. The number of piperidine rings is 1. The molecule has 0 aliphatic carbocycles. The van der Waals surface area contributed by atoms with Gasteiger partial charge in [0.15, 0.2) is 5.96 Å². The van der Waals surface area contributed by atoms with Crippen LogP contribution in [0.25, 0.3) is 0 Å². The Bertz CT molecular complexity index is 618. The molecule has 0 spiro atoms. The minimum atomic E-state index is -0.188. The first kappa shape index (κ1) is 20.1. The molecule has 0 saturated carbocycles. The van der Waals surface area contributed by atoms with Gasteiger partial charge in [-0.2, -0.15) is 0 Å². The van der Waals surface area contributed by atoms with Crippen molar-refractivity contribution in [1.29, 1.82) is 0 Å². The lowest BCUT2D eigenvalue weighted by atomic mass is 10.0. The molecule has 2 atom stereocenters. The highest BCUT2D eigenvalue weighted by atomic mass is 19.1. The molecule has 0 amide bonds. The van der Waals surface area contributed by atoms with Crippen LogP contribution < -0.4 is 5.32 Å². The van der Waals surface area contributed by atoms with E-state index in [-0.39, 0.29) is 11.9 Å². The highest BCUT2D eigenvalue weighted by molar-refractivity contribution is 5.80. The largest absolute Gasteiger partial charge is 0.379 e. The van der Waals surface area contributed by atoms with Crippen molar-refractivity contribution in [3.05, 3.63) is 35.6 Å². The minimum Gasteiger partial charge on any atom is -0.379 e. The third-order valence-electron chi connectivity index (χ3n) is 5.43. The molecule has 2 saturated heterocycles. The van der Waals surface area contributed by atoms with E-state index in [1.807, 2.05) is 6.07 Å². The molecular weight excluding hydrogens is 343 g/mol. The van der Waals surface area contributed by atoms with Gasteiger partial charge in [0.25, 0.3) is 0 Å². The van der Waals surface area contributed by atoms with E-state index in [0.717, 1.165) is 57.5 Å². The maximum atomic E-state index is 13.8. The van der Waals surface area contributed by atoms with Crippen LogP contribution in [0, 0.1) is 11.7 Å². The first-order chi connectivity index (χ1) is 13.2.